The third-order valence-electron chi connectivity index (χ3n) is 1.71. The van der Waals surface area contributed by atoms with E-state index in [1.807, 2.05) is 6.92 Å². The maximum Gasteiger partial charge on any atom is 0.260 e. The lowest BCUT2D eigenvalue weighted by Crippen LogP contribution is -2.29. The second-order valence-electron chi connectivity index (χ2n) is 2.61. The predicted molar refractivity (Wildman–Crippen MR) is 43.4 cm³/mol. The fourth-order valence-corrected chi connectivity index (χ4v) is 1.02. The van der Waals surface area contributed by atoms with Gasteiger partial charge in [-0.2, -0.15) is 0 Å². The maximum atomic E-state index is 5.25. The first-order valence-electron chi connectivity index (χ1n) is 3.78. The summed E-state index contributed by atoms with van der Waals surface area (Å²) >= 11 is 0. The van der Waals surface area contributed by atoms with E-state index < -0.39 is 0 Å². The molecule has 1 aliphatic heterocycles. The van der Waals surface area contributed by atoms with Crippen LogP contribution in [0.1, 0.15) is 5.69 Å². The lowest BCUT2D eigenvalue weighted by Gasteiger charge is -2.08. The highest BCUT2D eigenvalue weighted by atomic mass is 16.5. The van der Waals surface area contributed by atoms with Gasteiger partial charge in [-0.05, 0) is 6.92 Å². The summed E-state index contributed by atoms with van der Waals surface area (Å²) in [7, 11) is 0. The van der Waals surface area contributed by atoms with Crippen molar-refractivity contribution in [1.82, 2.24) is 9.97 Å². The third-order valence-corrected chi connectivity index (χ3v) is 1.71. The molecule has 0 saturated heterocycles. The van der Waals surface area contributed by atoms with Crippen molar-refractivity contribution < 1.29 is 4.74 Å². The van der Waals surface area contributed by atoms with Crippen LogP contribution in [0, 0.1) is 6.92 Å². The highest BCUT2D eigenvalue weighted by Gasteiger charge is 2.06. The van der Waals surface area contributed by atoms with Crippen LogP contribution in [0.4, 0.5) is 0 Å². The summed E-state index contributed by atoms with van der Waals surface area (Å²) in [6, 6.07) is 0. The Morgan fingerprint density at radius 2 is 2.25 bits per heavy atom. The average molecular weight is 163 g/mol. The van der Waals surface area contributed by atoms with Crippen molar-refractivity contribution in [2.45, 2.75) is 6.92 Å². The van der Waals surface area contributed by atoms with Gasteiger partial charge in [-0.15, -0.1) is 0 Å². The minimum absolute atomic E-state index is 0.511. The van der Waals surface area contributed by atoms with Crippen molar-refractivity contribution in [2.75, 3.05) is 13.2 Å². The van der Waals surface area contributed by atoms with Gasteiger partial charge < -0.3 is 4.74 Å². The number of hydrogen-bond acceptors (Lipinski definition) is 4. The van der Waals surface area contributed by atoms with Gasteiger partial charge in [0.1, 0.15) is 6.61 Å². The quantitative estimate of drug-likeness (QED) is 0.503. The standard InChI is InChI=1S/C8H9N3O/c1-5-6(2)11-8-7(10-5)9-3-4-12-8/h2-4H2,1H3. The zero-order valence-corrected chi connectivity index (χ0v) is 6.87. The van der Waals surface area contributed by atoms with Gasteiger partial charge in [-0.25, -0.2) is 9.97 Å². The molecule has 0 saturated carbocycles. The van der Waals surface area contributed by atoms with Gasteiger partial charge in [0, 0.05) is 0 Å². The predicted octanol–water partition coefficient (Wildman–Crippen LogP) is -0.793. The van der Waals surface area contributed by atoms with E-state index in [1.165, 1.54) is 0 Å². The Labute approximate surface area is 69.6 Å². The van der Waals surface area contributed by atoms with E-state index in [2.05, 4.69) is 21.5 Å². The smallest absolute Gasteiger partial charge is 0.260 e. The van der Waals surface area contributed by atoms with Crippen LogP contribution < -0.4 is 15.6 Å². The molecule has 0 amide bonds. The van der Waals surface area contributed by atoms with E-state index in [9.17, 15) is 0 Å². The van der Waals surface area contributed by atoms with Crippen molar-refractivity contribution in [3.63, 3.8) is 0 Å². The third kappa shape index (κ3) is 1.05. The molecule has 1 aromatic rings. The molecule has 0 radical (unpaired) electrons. The highest BCUT2D eigenvalue weighted by molar-refractivity contribution is 5.12. The van der Waals surface area contributed by atoms with Crippen LogP contribution in [0.5, 0.6) is 5.88 Å². The van der Waals surface area contributed by atoms with Gasteiger partial charge in [0.05, 0.1) is 17.6 Å². The van der Waals surface area contributed by atoms with Crippen LogP contribution in [0.2, 0.25) is 0 Å². The summed E-state index contributed by atoms with van der Waals surface area (Å²) in [5.41, 5.74) is 1.41. The SMILES string of the molecule is C=c1nc2c(nc1C)=NCCO2. The zero-order chi connectivity index (χ0) is 8.55. The van der Waals surface area contributed by atoms with E-state index in [-0.39, 0.29) is 0 Å². The van der Waals surface area contributed by atoms with E-state index in [1.54, 1.807) is 0 Å². The summed E-state index contributed by atoms with van der Waals surface area (Å²) in [6.45, 7) is 6.85. The molecule has 1 aromatic heterocycles. The molecule has 0 fully saturated rings. The first-order valence-corrected chi connectivity index (χ1v) is 3.78. The van der Waals surface area contributed by atoms with Crippen LogP contribution in [0.25, 0.3) is 6.58 Å². The van der Waals surface area contributed by atoms with Gasteiger partial charge in [0.2, 0.25) is 5.49 Å². The molecule has 2 rings (SSSR count). The lowest BCUT2D eigenvalue weighted by molar-refractivity contribution is 0.292. The molecule has 0 atom stereocenters. The Morgan fingerprint density at radius 3 is 3.08 bits per heavy atom. The molecular formula is C8H9N3O. The van der Waals surface area contributed by atoms with Crippen molar-refractivity contribution in [2.24, 2.45) is 4.99 Å². The molecule has 0 N–H and O–H groups in total. The molecule has 0 aliphatic carbocycles. The molecule has 4 nitrogen and oxygen atoms in total. The molecule has 2 heterocycles. The molecule has 4 heteroatoms. The Kier molecular flexibility index (Phi) is 1.53. The average Bonchev–Trinajstić information content (AvgIpc) is 2.07. The second kappa shape index (κ2) is 2.55. The molecule has 0 bridgehead atoms. The Balaban J connectivity index is 2.74. The van der Waals surface area contributed by atoms with Crippen LogP contribution in [-0.4, -0.2) is 23.1 Å². The Hall–Kier alpha value is -1.45. The molecule has 12 heavy (non-hydrogen) atoms. The summed E-state index contributed by atoms with van der Waals surface area (Å²) < 4.78 is 5.25. The molecule has 1 aliphatic rings. The van der Waals surface area contributed by atoms with Crippen molar-refractivity contribution in [3.05, 3.63) is 16.5 Å². The molecule has 0 unspecified atom stereocenters. The van der Waals surface area contributed by atoms with Crippen LogP contribution in [-0.2, 0) is 0 Å². The minimum Gasteiger partial charge on any atom is -0.473 e. The van der Waals surface area contributed by atoms with Gasteiger partial charge in [0.15, 0.2) is 0 Å². The number of aromatic nitrogens is 2. The normalized spacial score (nSPS) is 14.4. The topological polar surface area (TPSA) is 47.4 Å². The first-order chi connectivity index (χ1) is 5.77. The fraction of sp³-hybridized carbons (Fsp3) is 0.375. The number of ether oxygens (including phenoxy) is 1. The number of hydrogen-bond donors (Lipinski definition) is 0. The van der Waals surface area contributed by atoms with E-state index in [4.69, 9.17) is 4.74 Å². The fourth-order valence-electron chi connectivity index (χ4n) is 1.02. The van der Waals surface area contributed by atoms with Gasteiger partial charge >= 0.3 is 0 Å². The van der Waals surface area contributed by atoms with Crippen molar-refractivity contribution >= 4 is 6.58 Å². The lowest BCUT2D eigenvalue weighted by atomic mass is 10.4. The molecule has 0 spiro atoms. The number of aryl methyl sites for hydroxylation is 1. The van der Waals surface area contributed by atoms with Gasteiger partial charge in [0.25, 0.3) is 5.88 Å². The molecule has 62 valence electrons. The summed E-state index contributed by atoms with van der Waals surface area (Å²) in [4.78, 5) is 12.5. The van der Waals surface area contributed by atoms with Crippen LogP contribution >= 0.6 is 0 Å². The highest BCUT2D eigenvalue weighted by Crippen LogP contribution is 1.96. The molecule has 0 aromatic carbocycles. The summed E-state index contributed by atoms with van der Waals surface area (Å²) in [5.74, 6) is 0.511. The maximum absolute atomic E-state index is 5.25. The van der Waals surface area contributed by atoms with Crippen LogP contribution in [0.3, 0.4) is 0 Å². The number of rotatable bonds is 0. The summed E-state index contributed by atoms with van der Waals surface area (Å²) in [5, 5.41) is 0.658. The van der Waals surface area contributed by atoms with Crippen LogP contribution in [0.15, 0.2) is 4.99 Å². The van der Waals surface area contributed by atoms with E-state index in [0.29, 0.717) is 29.9 Å². The Bertz CT molecular complexity index is 413. The monoisotopic (exact) mass is 163 g/mol. The number of fused-ring (bicyclic) bond motifs is 1. The first kappa shape index (κ1) is 7.21. The largest absolute Gasteiger partial charge is 0.473 e. The minimum atomic E-state index is 0.511. The van der Waals surface area contributed by atoms with Crippen molar-refractivity contribution in [1.29, 1.82) is 0 Å². The zero-order valence-electron chi connectivity index (χ0n) is 6.87. The van der Waals surface area contributed by atoms with Gasteiger partial charge in [-0.1, -0.05) is 6.58 Å². The van der Waals surface area contributed by atoms with Gasteiger partial charge in [-0.3, -0.25) is 4.99 Å². The number of nitrogens with zero attached hydrogens (tertiary/aromatic N) is 3. The van der Waals surface area contributed by atoms with Crippen molar-refractivity contribution in [3.8, 4) is 5.88 Å². The van der Waals surface area contributed by atoms with E-state index in [0.717, 1.165) is 5.69 Å². The van der Waals surface area contributed by atoms with E-state index >= 15 is 0 Å². The second-order valence-corrected chi connectivity index (χ2v) is 2.61. The molecular weight excluding hydrogens is 154 g/mol. The Morgan fingerprint density at radius 1 is 1.42 bits per heavy atom. The summed E-state index contributed by atoms with van der Waals surface area (Å²) in [6.07, 6.45) is 0.